The molecule has 16 heavy (non-hydrogen) atoms. The van der Waals surface area contributed by atoms with Crippen LogP contribution in [0.5, 0.6) is 5.75 Å². The average Bonchev–Trinajstić information content (AvgIpc) is 2.28. The van der Waals surface area contributed by atoms with E-state index in [9.17, 15) is 0 Å². The van der Waals surface area contributed by atoms with E-state index in [2.05, 4.69) is 10.3 Å². The van der Waals surface area contributed by atoms with Crippen LogP contribution < -0.4 is 10.1 Å². The smallest absolute Gasteiger partial charge is 0.139 e. The largest absolute Gasteiger partial charge is 0.492 e. The topological polar surface area (TPSA) is 34.1 Å². The third-order valence-corrected chi connectivity index (χ3v) is 2.48. The maximum atomic E-state index is 5.79. The molecule has 0 atom stereocenters. The molecule has 0 aliphatic rings. The molecule has 0 aliphatic heterocycles. The number of hydrogen-bond donors (Lipinski definition) is 1. The Morgan fingerprint density at radius 3 is 2.81 bits per heavy atom. The van der Waals surface area contributed by atoms with Gasteiger partial charge in [-0.15, -0.1) is 0 Å². The molecule has 0 aromatic carbocycles. The van der Waals surface area contributed by atoms with Gasteiger partial charge in [0, 0.05) is 12.3 Å². The van der Waals surface area contributed by atoms with Gasteiger partial charge in [0.05, 0.1) is 17.8 Å². The van der Waals surface area contributed by atoms with Gasteiger partial charge in [-0.05, 0) is 26.4 Å². The van der Waals surface area contributed by atoms with Crippen LogP contribution in [0.4, 0.5) is 0 Å². The standard InChI is InChI=1S/C12H19ClN2O/c1-14-6-4-2-3-5-7-16-12-8-11(13)9-15-10-12/h8-10,14H,2-7H2,1H3. The summed E-state index contributed by atoms with van der Waals surface area (Å²) in [6.07, 6.45) is 8.05. The molecule has 1 heterocycles. The number of nitrogens with zero attached hydrogens (tertiary/aromatic N) is 1. The third-order valence-electron chi connectivity index (χ3n) is 2.27. The number of halogens is 1. The highest BCUT2D eigenvalue weighted by Gasteiger charge is 1.95. The van der Waals surface area contributed by atoms with Crippen LogP contribution in [0.1, 0.15) is 25.7 Å². The van der Waals surface area contributed by atoms with E-state index in [4.69, 9.17) is 16.3 Å². The van der Waals surface area contributed by atoms with Gasteiger partial charge in [-0.3, -0.25) is 4.98 Å². The Morgan fingerprint density at radius 1 is 1.25 bits per heavy atom. The predicted molar refractivity (Wildman–Crippen MR) is 67.1 cm³/mol. The monoisotopic (exact) mass is 242 g/mol. The highest BCUT2D eigenvalue weighted by Crippen LogP contribution is 2.15. The molecule has 0 radical (unpaired) electrons. The molecule has 0 spiro atoms. The van der Waals surface area contributed by atoms with E-state index in [0.717, 1.165) is 25.3 Å². The lowest BCUT2D eigenvalue weighted by molar-refractivity contribution is 0.303. The van der Waals surface area contributed by atoms with E-state index in [-0.39, 0.29) is 0 Å². The minimum absolute atomic E-state index is 0.617. The minimum Gasteiger partial charge on any atom is -0.492 e. The molecular formula is C12H19ClN2O. The van der Waals surface area contributed by atoms with Crippen molar-refractivity contribution >= 4 is 11.6 Å². The van der Waals surface area contributed by atoms with E-state index in [0.29, 0.717) is 5.02 Å². The SMILES string of the molecule is CNCCCCCCOc1cncc(Cl)c1. The van der Waals surface area contributed by atoms with E-state index < -0.39 is 0 Å². The predicted octanol–water partition coefficient (Wildman–Crippen LogP) is 2.89. The van der Waals surface area contributed by atoms with Crippen molar-refractivity contribution in [2.45, 2.75) is 25.7 Å². The Morgan fingerprint density at radius 2 is 2.06 bits per heavy atom. The molecular weight excluding hydrogens is 224 g/mol. The van der Waals surface area contributed by atoms with Gasteiger partial charge in [-0.1, -0.05) is 24.4 Å². The molecule has 0 aliphatic carbocycles. The van der Waals surface area contributed by atoms with Gasteiger partial charge in [0.1, 0.15) is 5.75 Å². The highest BCUT2D eigenvalue weighted by atomic mass is 35.5. The summed E-state index contributed by atoms with van der Waals surface area (Å²) in [5.74, 6) is 0.753. The van der Waals surface area contributed by atoms with Crippen LogP contribution in [-0.2, 0) is 0 Å². The Hall–Kier alpha value is -0.800. The zero-order valence-electron chi connectivity index (χ0n) is 9.71. The summed E-state index contributed by atoms with van der Waals surface area (Å²) in [6, 6.07) is 1.79. The van der Waals surface area contributed by atoms with Crippen LogP contribution in [0.15, 0.2) is 18.5 Å². The van der Waals surface area contributed by atoms with Crippen molar-refractivity contribution in [3.63, 3.8) is 0 Å². The van der Waals surface area contributed by atoms with Gasteiger partial charge in [-0.2, -0.15) is 0 Å². The van der Waals surface area contributed by atoms with E-state index in [1.807, 2.05) is 7.05 Å². The number of pyridine rings is 1. The molecule has 0 saturated heterocycles. The maximum Gasteiger partial charge on any atom is 0.139 e. The summed E-state index contributed by atoms with van der Waals surface area (Å²) in [5, 5.41) is 3.75. The van der Waals surface area contributed by atoms with Gasteiger partial charge in [-0.25, -0.2) is 0 Å². The number of hydrogen-bond acceptors (Lipinski definition) is 3. The van der Waals surface area contributed by atoms with Gasteiger partial charge in [0.25, 0.3) is 0 Å². The van der Waals surface area contributed by atoms with E-state index >= 15 is 0 Å². The fourth-order valence-corrected chi connectivity index (χ4v) is 1.58. The Balaban J connectivity index is 2.03. The summed E-state index contributed by atoms with van der Waals surface area (Å²) in [6.45, 7) is 1.83. The lowest BCUT2D eigenvalue weighted by Crippen LogP contribution is -2.07. The molecule has 4 heteroatoms. The summed E-state index contributed by atoms with van der Waals surface area (Å²) < 4.78 is 5.53. The zero-order chi connectivity index (χ0) is 11.6. The molecule has 1 N–H and O–H groups in total. The van der Waals surface area contributed by atoms with Crippen LogP contribution in [0.2, 0.25) is 5.02 Å². The van der Waals surface area contributed by atoms with Gasteiger partial charge >= 0.3 is 0 Å². The number of aromatic nitrogens is 1. The molecule has 0 amide bonds. The summed E-state index contributed by atoms with van der Waals surface area (Å²) >= 11 is 5.79. The van der Waals surface area contributed by atoms with Crippen LogP contribution in [0, 0.1) is 0 Å². The summed E-state index contributed by atoms with van der Waals surface area (Å²) in [5.41, 5.74) is 0. The molecule has 1 rings (SSSR count). The Bertz CT molecular complexity index is 294. The molecule has 90 valence electrons. The first kappa shape index (κ1) is 13.3. The van der Waals surface area contributed by atoms with Crippen molar-refractivity contribution in [3.8, 4) is 5.75 Å². The van der Waals surface area contributed by atoms with E-state index in [1.165, 1.54) is 19.3 Å². The molecule has 0 unspecified atom stereocenters. The lowest BCUT2D eigenvalue weighted by atomic mass is 10.2. The number of unbranched alkanes of at least 4 members (excludes halogenated alkanes) is 3. The summed E-state index contributed by atoms with van der Waals surface area (Å²) in [4.78, 5) is 3.96. The summed E-state index contributed by atoms with van der Waals surface area (Å²) in [7, 11) is 1.98. The van der Waals surface area contributed by atoms with Crippen molar-refractivity contribution in [3.05, 3.63) is 23.5 Å². The number of nitrogens with one attached hydrogen (secondary N) is 1. The quantitative estimate of drug-likeness (QED) is 0.712. The lowest BCUT2D eigenvalue weighted by Gasteiger charge is -2.05. The second-order valence-electron chi connectivity index (χ2n) is 3.71. The van der Waals surface area contributed by atoms with Crippen LogP contribution >= 0.6 is 11.6 Å². The van der Waals surface area contributed by atoms with E-state index in [1.54, 1.807) is 18.5 Å². The molecule has 3 nitrogen and oxygen atoms in total. The molecule has 0 fully saturated rings. The van der Waals surface area contributed by atoms with Crippen molar-refractivity contribution in [2.24, 2.45) is 0 Å². The van der Waals surface area contributed by atoms with Crippen LogP contribution in [0.25, 0.3) is 0 Å². The van der Waals surface area contributed by atoms with Crippen molar-refractivity contribution in [2.75, 3.05) is 20.2 Å². The first-order chi connectivity index (χ1) is 7.83. The fourth-order valence-electron chi connectivity index (χ4n) is 1.42. The second-order valence-corrected chi connectivity index (χ2v) is 4.14. The number of ether oxygens (including phenoxy) is 1. The second kappa shape index (κ2) is 8.36. The highest BCUT2D eigenvalue weighted by molar-refractivity contribution is 6.30. The fraction of sp³-hybridized carbons (Fsp3) is 0.583. The molecule has 1 aromatic rings. The van der Waals surface area contributed by atoms with Crippen molar-refractivity contribution in [1.82, 2.24) is 10.3 Å². The molecule has 0 bridgehead atoms. The Labute approximate surface area is 102 Å². The van der Waals surface area contributed by atoms with Crippen molar-refractivity contribution < 1.29 is 4.74 Å². The van der Waals surface area contributed by atoms with Gasteiger partial charge in [0.2, 0.25) is 0 Å². The normalized spacial score (nSPS) is 10.4. The first-order valence-corrected chi connectivity index (χ1v) is 6.08. The number of rotatable bonds is 8. The Kier molecular flexibility index (Phi) is 6.93. The zero-order valence-corrected chi connectivity index (χ0v) is 10.5. The maximum absolute atomic E-state index is 5.79. The molecule has 1 aromatic heterocycles. The van der Waals surface area contributed by atoms with Gasteiger partial charge in [0.15, 0.2) is 0 Å². The third kappa shape index (κ3) is 5.93. The van der Waals surface area contributed by atoms with Crippen molar-refractivity contribution in [1.29, 1.82) is 0 Å². The van der Waals surface area contributed by atoms with Gasteiger partial charge < -0.3 is 10.1 Å². The molecule has 0 saturated carbocycles. The minimum atomic E-state index is 0.617. The first-order valence-electron chi connectivity index (χ1n) is 5.71. The van der Waals surface area contributed by atoms with Crippen LogP contribution in [-0.4, -0.2) is 25.2 Å². The average molecular weight is 243 g/mol. The van der Waals surface area contributed by atoms with Crippen LogP contribution in [0.3, 0.4) is 0 Å².